The standard InChI is InChI=1S/C30H30ClFN4O2/c1-18-25(33-24-11-14-36(30(38)26(18)24)16-15-35-12-3-2-4-13-35)17-21-27-19(7-6-10-23(27)34-29(21)37)20-8-5-9-22(31)28(20)32/h5-10,17,33H,2-4,11-16H2,1H3,(H,34,37)/b21-17-. The van der Waals surface area contributed by atoms with Crippen LogP contribution in [-0.2, 0) is 11.2 Å². The second kappa shape index (κ2) is 10.0. The van der Waals surface area contributed by atoms with Crippen molar-refractivity contribution in [2.75, 3.05) is 38.0 Å². The minimum Gasteiger partial charge on any atom is -0.358 e. The molecule has 3 aromatic rings. The number of nitrogens with one attached hydrogen (secondary N) is 2. The van der Waals surface area contributed by atoms with Crippen LogP contribution in [0.15, 0.2) is 36.4 Å². The van der Waals surface area contributed by atoms with Gasteiger partial charge in [0.15, 0.2) is 0 Å². The van der Waals surface area contributed by atoms with Crippen LogP contribution < -0.4 is 5.32 Å². The summed E-state index contributed by atoms with van der Waals surface area (Å²) in [5.41, 5.74) is 5.74. The lowest BCUT2D eigenvalue weighted by Crippen LogP contribution is -2.43. The molecule has 3 aliphatic rings. The molecule has 4 heterocycles. The van der Waals surface area contributed by atoms with Gasteiger partial charge in [-0.25, -0.2) is 4.39 Å². The Morgan fingerprint density at radius 2 is 1.74 bits per heavy atom. The summed E-state index contributed by atoms with van der Waals surface area (Å²) in [4.78, 5) is 34.4. The number of likely N-dealkylation sites (tertiary alicyclic amines) is 1. The summed E-state index contributed by atoms with van der Waals surface area (Å²) in [6.45, 7) is 6.45. The van der Waals surface area contributed by atoms with Gasteiger partial charge in [0.05, 0.1) is 16.2 Å². The van der Waals surface area contributed by atoms with E-state index in [1.165, 1.54) is 25.3 Å². The highest BCUT2D eigenvalue weighted by Gasteiger charge is 2.32. The lowest BCUT2D eigenvalue weighted by molar-refractivity contribution is -0.110. The van der Waals surface area contributed by atoms with Gasteiger partial charge >= 0.3 is 0 Å². The second-order valence-electron chi connectivity index (χ2n) is 10.3. The zero-order valence-corrected chi connectivity index (χ0v) is 22.1. The Morgan fingerprint density at radius 1 is 0.974 bits per heavy atom. The number of H-pyrrole nitrogens is 1. The number of hydrogen-bond acceptors (Lipinski definition) is 3. The van der Waals surface area contributed by atoms with Crippen LogP contribution in [0.4, 0.5) is 10.1 Å². The Hall–Kier alpha value is -3.42. The molecule has 0 radical (unpaired) electrons. The number of hydrogen-bond donors (Lipinski definition) is 2. The third-order valence-electron chi connectivity index (χ3n) is 7.99. The van der Waals surface area contributed by atoms with Gasteiger partial charge in [-0.1, -0.05) is 42.3 Å². The minimum absolute atomic E-state index is 0.0270. The van der Waals surface area contributed by atoms with E-state index in [0.717, 1.165) is 49.6 Å². The lowest BCUT2D eigenvalue weighted by Gasteiger charge is -2.32. The highest BCUT2D eigenvalue weighted by atomic mass is 35.5. The molecule has 6 nitrogen and oxygen atoms in total. The van der Waals surface area contributed by atoms with Crippen molar-refractivity contribution >= 4 is 40.8 Å². The van der Waals surface area contributed by atoms with E-state index in [1.807, 2.05) is 11.8 Å². The van der Waals surface area contributed by atoms with Crippen molar-refractivity contribution in [3.8, 4) is 11.1 Å². The number of fused-ring (bicyclic) bond motifs is 2. The van der Waals surface area contributed by atoms with Crippen LogP contribution in [0.25, 0.3) is 22.8 Å². The number of rotatable bonds is 5. The summed E-state index contributed by atoms with van der Waals surface area (Å²) in [6.07, 6.45) is 6.28. The van der Waals surface area contributed by atoms with Crippen molar-refractivity contribution in [1.82, 2.24) is 14.8 Å². The van der Waals surface area contributed by atoms with Crippen LogP contribution in [0.3, 0.4) is 0 Å². The van der Waals surface area contributed by atoms with Gasteiger partial charge in [-0.05, 0) is 62.2 Å². The van der Waals surface area contributed by atoms with E-state index in [4.69, 9.17) is 11.6 Å². The summed E-state index contributed by atoms with van der Waals surface area (Å²) >= 11 is 6.06. The molecule has 0 unspecified atom stereocenters. The zero-order valence-electron chi connectivity index (χ0n) is 21.4. The number of carbonyl (C=O) groups excluding carboxylic acids is 2. The van der Waals surface area contributed by atoms with E-state index in [1.54, 1.807) is 36.4 Å². The fourth-order valence-electron chi connectivity index (χ4n) is 5.93. The van der Waals surface area contributed by atoms with Crippen LogP contribution in [0.1, 0.15) is 52.1 Å². The van der Waals surface area contributed by atoms with Crippen LogP contribution in [0, 0.1) is 12.7 Å². The maximum atomic E-state index is 15.0. The van der Waals surface area contributed by atoms with Crippen LogP contribution in [0.2, 0.25) is 5.02 Å². The Balaban J connectivity index is 1.33. The number of anilines is 1. The number of aromatic amines is 1. The van der Waals surface area contributed by atoms with Crippen molar-refractivity contribution in [2.24, 2.45) is 0 Å². The largest absolute Gasteiger partial charge is 0.358 e. The van der Waals surface area contributed by atoms with Gasteiger partial charge in [0.25, 0.3) is 11.8 Å². The lowest BCUT2D eigenvalue weighted by atomic mass is 9.93. The predicted octanol–water partition coefficient (Wildman–Crippen LogP) is 5.76. The fraction of sp³-hybridized carbons (Fsp3) is 0.333. The van der Waals surface area contributed by atoms with Crippen molar-refractivity contribution in [2.45, 2.75) is 32.6 Å². The maximum absolute atomic E-state index is 15.0. The van der Waals surface area contributed by atoms with Gasteiger partial charge in [-0.3, -0.25) is 9.59 Å². The van der Waals surface area contributed by atoms with Crippen LogP contribution >= 0.6 is 11.6 Å². The Morgan fingerprint density at radius 3 is 2.55 bits per heavy atom. The summed E-state index contributed by atoms with van der Waals surface area (Å²) in [5.74, 6) is -0.751. The number of carbonyl (C=O) groups is 2. The molecule has 2 aromatic carbocycles. The van der Waals surface area contributed by atoms with Crippen LogP contribution in [0.5, 0.6) is 0 Å². The molecule has 8 heteroatoms. The summed E-state index contributed by atoms with van der Waals surface area (Å²) in [5, 5.41) is 2.93. The molecular weight excluding hydrogens is 503 g/mol. The number of nitrogens with zero attached hydrogens (tertiary/aromatic N) is 2. The van der Waals surface area contributed by atoms with E-state index >= 15 is 0 Å². The van der Waals surface area contributed by atoms with Crippen molar-refractivity contribution < 1.29 is 14.0 Å². The molecule has 0 bridgehead atoms. The smallest absolute Gasteiger partial charge is 0.256 e. The van der Waals surface area contributed by atoms with Crippen LogP contribution in [-0.4, -0.2) is 59.3 Å². The molecule has 0 atom stereocenters. The molecule has 3 aliphatic heterocycles. The number of aromatic nitrogens is 1. The fourth-order valence-corrected chi connectivity index (χ4v) is 6.11. The topological polar surface area (TPSA) is 68.4 Å². The molecule has 38 heavy (non-hydrogen) atoms. The Kier molecular flexibility index (Phi) is 6.58. The Bertz CT molecular complexity index is 1470. The van der Waals surface area contributed by atoms with Gasteiger partial charge < -0.3 is 20.1 Å². The molecule has 0 saturated carbocycles. The van der Waals surface area contributed by atoms with E-state index < -0.39 is 5.82 Å². The summed E-state index contributed by atoms with van der Waals surface area (Å²) in [7, 11) is 0. The third kappa shape index (κ3) is 4.33. The number of halogens is 2. The maximum Gasteiger partial charge on any atom is 0.256 e. The molecule has 2 N–H and O–H groups in total. The van der Waals surface area contributed by atoms with Crippen molar-refractivity contribution in [3.63, 3.8) is 0 Å². The highest BCUT2D eigenvalue weighted by molar-refractivity contribution is 6.36. The normalized spacial score (nSPS) is 18.6. The quantitative estimate of drug-likeness (QED) is 0.411. The first-order valence-corrected chi connectivity index (χ1v) is 13.6. The average Bonchev–Trinajstić information content (AvgIpc) is 3.42. The zero-order chi connectivity index (χ0) is 26.4. The third-order valence-corrected chi connectivity index (χ3v) is 8.28. The van der Waals surface area contributed by atoms with E-state index in [2.05, 4.69) is 15.2 Å². The van der Waals surface area contributed by atoms with Gasteiger partial charge in [0, 0.05) is 54.3 Å². The number of piperidine rings is 1. The second-order valence-corrected chi connectivity index (χ2v) is 10.7. The molecule has 6 rings (SSSR count). The van der Waals surface area contributed by atoms with Gasteiger partial charge in [0.2, 0.25) is 0 Å². The first-order chi connectivity index (χ1) is 18.4. The van der Waals surface area contributed by atoms with E-state index in [9.17, 15) is 14.0 Å². The monoisotopic (exact) mass is 532 g/mol. The average molecular weight is 533 g/mol. The molecule has 0 spiro atoms. The minimum atomic E-state index is -0.525. The van der Waals surface area contributed by atoms with E-state index in [0.29, 0.717) is 40.1 Å². The molecule has 1 aromatic heterocycles. The SMILES string of the molecule is Cc1c(/C=C2\C(=O)Nc3cccc(-c4cccc(Cl)c4F)c32)[nH]c2c1C(=O)N(CCN1CCCCC1)CC2. The number of amides is 2. The van der Waals surface area contributed by atoms with Gasteiger partial charge in [0.1, 0.15) is 5.82 Å². The predicted molar refractivity (Wildman–Crippen MR) is 149 cm³/mol. The van der Waals surface area contributed by atoms with Gasteiger partial charge in [-0.15, -0.1) is 0 Å². The molecule has 196 valence electrons. The first-order valence-electron chi connectivity index (χ1n) is 13.3. The molecule has 1 fully saturated rings. The summed E-state index contributed by atoms with van der Waals surface area (Å²) < 4.78 is 15.0. The molecule has 0 aliphatic carbocycles. The van der Waals surface area contributed by atoms with Gasteiger partial charge in [-0.2, -0.15) is 0 Å². The molecular formula is C30H30ClFN4O2. The molecule has 2 amide bonds. The highest BCUT2D eigenvalue weighted by Crippen LogP contribution is 2.42. The molecule has 1 saturated heterocycles. The Labute approximate surface area is 226 Å². The summed E-state index contributed by atoms with van der Waals surface area (Å²) in [6, 6.07) is 10.2. The van der Waals surface area contributed by atoms with E-state index in [-0.39, 0.29) is 16.8 Å². The van der Waals surface area contributed by atoms with Crippen molar-refractivity contribution in [1.29, 1.82) is 0 Å². The number of benzene rings is 2. The first kappa shape index (κ1) is 24.9. The van der Waals surface area contributed by atoms with Crippen molar-refractivity contribution in [3.05, 3.63) is 75.3 Å².